The Balaban J connectivity index is 1.29. The van der Waals surface area contributed by atoms with E-state index in [2.05, 4.69) is 9.88 Å². The number of aliphatic carboxylic acids is 1. The highest BCUT2D eigenvalue weighted by Gasteiger charge is 2.28. The van der Waals surface area contributed by atoms with Crippen LogP contribution in [0.1, 0.15) is 36.3 Å². The lowest BCUT2D eigenvalue weighted by atomic mass is 10.0. The number of aromatic nitrogens is 1. The molecule has 6 nitrogen and oxygen atoms in total. The van der Waals surface area contributed by atoms with Crippen molar-refractivity contribution in [3.05, 3.63) is 58.8 Å². The summed E-state index contributed by atoms with van der Waals surface area (Å²) in [6, 6.07) is 11.5. The van der Waals surface area contributed by atoms with E-state index in [1.807, 2.05) is 48.7 Å². The Morgan fingerprint density at radius 1 is 1.30 bits per heavy atom. The van der Waals surface area contributed by atoms with Crippen LogP contribution in [0.2, 0.25) is 0 Å². The maximum Gasteiger partial charge on any atom is 0.320 e. The number of piperidine rings is 1. The SMILES string of the molecule is Cc1oc(-c2cccs2)nc1CCOc1ccc(CN2CCCC[C@@H]2C(=O)O)cc1. The molecule has 1 aliphatic rings. The largest absolute Gasteiger partial charge is 0.493 e. The van der Waals surface area contributed by atoms with Crippen molar-refractivity contribution in [2.75, 3.05) is 13.2 Å². The molecule has 0 unspecified atom stereocenters. The van der Waals surface area contributed by atoms with Gasteiger partial charge in [-0.2, -0.15) is 0 Å². The van der Waals surface area contributed by atoms with Crippen LogP contribution in [0.3, 0.4) is 0 Å². The second kappa shape index (κ2) is 9.45. The van der Waals surface area contributed by atoms with Gasteiger partial charge in [0.2, 0.25) is 5.89 Å². The minimum absolute atomic E-state index is 0.376. The van der Waals surface area contributed by atoms with E-state index in [1.54, 1.807) is 11.3 Å². The van der Waals surface area contributed by atoms with Crippen molar-refractivity contribution in [1.82, 2.24) is 9.88 Å². The summed E-state index contributed by atoms with van der Waals surface area (Å²) in [5.74, 6) is 1.57. The molecule has 1 fully saturated rings. The van der Waals surface area contributed by atoms with Gasteiger partial charge in [0.1, 0.15) is 17.6 Å². The molecule has 1 N–H and O–H groups in total. The quantitative estimate of drug-likeness (QED) is 0.559. The molecule has 30 heavy (non-hydrogen) atoms. The minimum Gasteiger partial charge on any atom is -0.493 e. The summed E-state index contributed by atoms with van der Waals surface area (Å²) in [5.41, 5.74) is 2.02. The predicted molar refractivity (Wildman–Crippen MR) is 116 cm³/mol. The molecule has 0 saturated carbocycles. The Hall–Kier alpha value is -2.64. The van der Waals surface area contributed by atoms with Crippen LogP contribution in [0.5, 0.6) is 5.75 Å². The maximum atomic E-state index is 11.5. The van der Waals surface area contributed by atoms with Gasteiger partial charge in [0.25, 0.3) is 0 Å². The standard InChI is InChI=1S/C23H26N2O4S/c1-16-19(24-22(29-16)21-6-4-14-30-21)11-13-28-18-9-7-17(8-10-18)15-25-12-3-2-5-20(25)23(26)27/h4,6-10,14,20H,2-3,5,11-13,15H2,1H3,(H,26,27)/t20-/m1/s1. The van der Waals surface area contributed by atoms with E-state index in [-0.39, 0.29) is 6.04 Å². The normalized spacial score (nSPS) is 17.2. The second-order valence-corrected chi connectivity index (χ2v) is 8.51. The average Bonchev–Trinajstić information content (AvgIpc) is 3.40. The molecule has 3 heterocycles. The first-order valence-corrected chi connectivity index (χ1v) is 11.2. The monoisotopic (exact) mass is 426 g/mol. The van der Waals surface area contributed by atoms with E-state index in [0.717, 1.165) is 53.5 Å². The van der Waals surface area contributed by atoms with Gasteiger partial charge in [0.05, 0.1) is 17.2 Å². The van der Waals surface area contributed by atoms with Crippen LogP contribution in [-0.4, -0.2) is 40.2 Å². The Morgan fingerprint density at radius 2 is 2.13 bits per heavy atom. The third-order valence-electron chi connectivity index (χ3n) is 5.44. The molecule has 1 atom stereocenters. The van der Waals surface area contributed by atoms with Gasteiger partial charge in [0, 0.05) is 13.0 Å². The number of benzene rings is 1. The van der Waals surface area contributed by atoms with Gasteiger partial charge < -0.3 is 14.3 Å². The summed E-state index contributed by atoms with van der Waals surface area (Å²) in [6.45, 7) is 3.93. The number of rotatable bonds is 8. The molecule has 0 aliphatic carbocycles. The molecule has 0 amide bonds. The van der Waals surface area contributed by atoms with Crippen molar-refractivity contribution in [2.24, 2.45) is 0 Å². The van der Waals surface area contributed by atoms with Crippen molar-refractivity contribution < 1.29 is 19.1 Å². The summed E-state index contributed by atoms with van der Waals surface area (Å²) in [4.78, 5) is 19.1. The first-order chi connectivity index (χ1) is 14.6. The highest BCUT2D eigenvalue weighted by molar-refractivity contribution is 7.13. The lowest BCUT2D eigenvalue weighted by Crippen LogP contribution is -2.43. The van der Waals surface area contributed by atoms with Crippen LogP contribution in [0.4, 0.5) is 0 Å². The lowest BCUT2D eigenvalue weighted by Gasteiger charge is -2.32. The third-order valence-corrected chi connectivity index (χ3v) is 6.30. The highest BCUT2D eigenvalue weighted by atomic mass is 32.1. The Labute approximate surface area is 180 Å². The molecular formula is C23H26N2O4S. The number of carboxylic acid groups (broad SMARTS) is 1. The van der Waals surface area contributed by atoms with Gasteiger partial charge in [-0.05, 0) is 55.5 Å². The fourth-order valence-corrected chi connectivity index (χ4v) is 4.47. The van der Waals surface area contributed by atoms with E-state index in [0.29, 0.717) is 25.5 Å². The zero-order valence-corrected chi connectivity index (χ0v) is 17.9. The van der Waals surface area contributed by atoms with Crippen LogP contribution in [-0.2, 0) is 17.8 Å². The minimum atomic E-state index is -0.722. The maximum absolute atomic E-state index is 11.5. The molecule has 1 saturated heterocycles. The van der Waals surface area contributed by atoms with E-state index in [9.17, 15) is 9.90 Å². The van der Waals surface area contributed by atoms with Crippen molar-refractivity contribution in [3.8, 4) is 16.5 Å². The van der Waals surface area contributed by atoms with Gasteiger partial charge in [0.15, 0.2) is 0 Å². The van der Waals surface area contributed by atoms with E-state index < -0.39 is 5.97 Å². The zero-order chi connectivity index (χ0) is 20.9. The van der Waals surface area contributed by atoms with Crippen LogP contribution < -0.4 is 4.74 Å². The summed E-state index contributed by atoms with van der Waals surface area (Å²) in [7, 11) is 0. The van der Waals surface area contributed by atoms with Crippen molar-refractivity contribution >= 4 is 17.3 Å². The number of ether oxygens (including phenoxy) is 1. The van der Waals surface area contributed by atoms with Gasteiger partial charge in [-0.1, -0.05) is 24.6 Å². The van der Waals surface area contributed by atoms with Gasteiger partial charge in [-0.3, -0.25) is 9.69 Å². The zero-order valence-electron chi connectivity index (χ0n) is 17.0. The van der Waals surface area contributed by atoms with E-state index >= 15 is 0 Å². The van der Waals surface area contributed by atoms with E-state index in [1.165, 1.54) is 0 Å². The number of hydrogen-bond donors (Lipinski definition) is 1. The fraction of sp³-hybridized carbons (Fsp3) is 0.391. The number of oxazole rings is 1. The molecule has 3 aromatic rings. The molecule has 0 radical (unpaired) electrons. The summed E-state index contributed by atoms with van der Waals surface area (Å²) in [5, 5.41) is 11.4. The molecule has 158 valence electrons. The first kappa shape index (κ1) is 20.6. The first-order valence-electron chi connectivity index (χ1n) is 10.3. The lowest BCUT2D eigenvalue weighted by molar-refractivity contribution is -0.144. The molecule has 0 bridgehead atoms. The number of nitrogens with zero attached hydrogens (tertiary/aromatic N) is 2. The van der Waals surface area contributed by atoms with Crippen molar-refractivity contribution in [2.45, 2.75) is 45.2 Å². The van der Waals surface area contributed by atoms with Crippen LogP contribution in [0, 0.1) is 6.92 Å². The summed E-state index contributed by atoms with van der Waals surface area (Å²) in [6.07, 6.45) is 3.45. The molecule has 1 aromatic carbocycles. The molecule has 0 spiro atoms. The Morgan fingerprint density at radius 3 is 2.87 bits per heavy atom. The molecule has 4 rings (SSSR count). The third kappa shape index (κ3) is 4.91. The number of carbonyl (C=O) groups is 1. The van der Waals surface area contributed by atoms with Gasteiger partial charge in [-0.15, -0.1) is 11.3 Å². The molecule has 7 heteroatoms. The number of hydrogen-bond acceptors (Lipinski definition) is 6. The van der Waals surface area contributed by atoms with Gasteiger partial charge in [-0.25, -0.2) is 4.98 Å². The number of aryl methyl sites for hydroxylation is 1. The Kier molecular flexibility index (Phi) is 6.50. The summed E-state index contributed by atoms with van der Waals surface area (Å²) >= 11 is 1.61. The number of carboxylic acids is 1. The fourth-order valence-electron chi connectivity index (χ4n) is 3.82. The Bertz CT molecular complexity index is 966. The number of thiophene rings is 1. The summed E-state index contributed by atoms with van der Waals surface area (Å²) < 4.78 is 11.7. The highest BCUT2D eigenvalue weighted by Crippen LogP contribution is 2.26. The molecule has 2 aromatic heterocycles. The smallest absolute Gasteiger partial charge is 0.320 e. The van der Waals surface area contributed by atoms with Crippen molar-refractivity contribution in [3.63, 3.8) is 0 Å². The van der Waals surface area contributed by atoms with E-state index in [4.69, 9.17) is 9.15 Å². The predicted octanol–water partition coefficient (Wildman–Crippen LogP) is 4.77. The average molecular weight is 427 g/mol. The van der Waals surface area contributed by atoms with Crippen LogP contribution in [0.15, 0.2) is 46.2 Å². The second-order valence-electron chi connectivity index (χ2n) is 7.56. The molecular weight excluding hydrogens is 400 g/mol. The topological polar surface area (TPSA) is 75.8 Å². The molecule has 1 aliphatic heterocycles. The van der Waals surface area contributed by atoms with Crippen molar-refractivity contribution in [1.29, 1.82) is 0 Å². The van der Waals surface area contributed by atoms with Crippen LogP contribution in [0.25, 0.3) is 10.8 Å². The van der Waals surface area contributed by atoms with Crippen LogP contribution >= 0.6 is 11.3 Å². The van der Waals surface area contributed by atoms with Gasteiger partial charge >= 0.3 is 5.97 Å². The number of likely N-dealkylation sites (tertiary alicyclic amines) is 1.